The number of hydrogen-bond acceptors (Lipinski definition) is 5. The van der Waals surface area contributed by atoms with Gasteiger partial charge in [0.1, 0.15) is 0 Å². The Labute approximate surface area is 199 Å². The fourth-order valence-corrected chi connectivity index (χ4v) is 5.20. The van der Waals surface area contributed by atoms with E-state index in [1.165, 1.54) is 16.4 Å². The smallest absolute Gasteiger partial charge is 0.243 e. The molecule has 0 saturated carbocycles. The number of carbonyl (C=O) groups is 2. The van der Waals surface area contributed by atoms with Crippen molar-refractivity contribution in [2.75, 3.05) is 31.6 Å². The Hall–Kier alpha value is -3.33. The fourth-order valence-electron chi connectivity index (χ4n) is 3.74. The summed E-state index contributed by atoms with van der Waals surface area (Å²) in [7, 11) is -3.66. The zero-order valence-corrected chi connectivity index (χ0v) is 19.5. The zero-order chi connectivity index (χ0) is 24.0. The number of rotatable bonds is 8. The van der Waals surface area contributed by atoms with Crippen molar-refractivity contribution in [1.82, 2.24) is 4.31 Å². The van der Waals surface area contributed by atoms with Crippen molar-refractivity contribution >= 4 is 27.4 Å². The standard InChI is InChI=1S/C26H26N2O5S/c29-25(22-11-9-21(10-12-22)20-5-2-1-3-6-20)13-14-26(30)27-23-7-4-8-24(19-23)34(31,32)28-15-17-33-18-16-28/h1-12,19H,13-18H2,(H,27,30). The third kappa shape index (κ3) is 5.77. The van der Waals surface area contributed by atoms with Crippen LogP contribution in [0.25, 0.3) is 11.1 Å². The minimum Gasteiger partial charge on any atom is -0.379 e. The quantitative estimate of drug-likeness (QED) is 0.495. The Balaban J connectivity index is 1.33. The summed E-state index contributed by atoms with van der Waals surface area (Å²) in [5, 5.41) is 2.70. The summed E-state index contributed by atoms with van der Waals surface area (Å²) < 4.78 is 32.2. The first-order valence-electron chi connectivity index (χ1n) is 11.1. The monoisotopic (exact) mass is 478 g/mol. The number of ether oxygens (including phenoxy) is 1. The first-order valence-corrected chi connectivity index (χ1v) is 12.5. The Morgan fingerprint density at radius 3 is 2.21 bits per heavy atom. The van der Waals surface area contributed by atoms with Crippen molar-refractivity contribution < 1.29 is 22.7 Å². The summed E-state index contributed by atoms with van der Waals surface area (Å²) >= 11 is 0. The first kappa shape index (κ1) is 23.8. The van der Waals surface area contributed by atoms with E-state index in [2.05, 4.69) is 5.32 Å². The van der Waals surface area contributed by atoms with Crippen LogP contribution in [0.15, 0.2) is 83.8 Å². The molecule has 0 aromatic heterocycles. The molecule has 1 amide bonds. The number of morpholine rings is 1. The van der Waals surface area contributed by atoms with Gasteiger partial charge in [0.05, 0.1) is 18.1 Å². The van der Waals surface area contributed by atoms with E-state index in [0.29, 0.717) is 37.6 Å². The molecular formula is C26H26N2O5S. The van der Waals surface area contributed by atoms with Gasteiger partial charge in [-0.1, -0.05) is 60.7 Å². The number of amides is 1. The highest BCUT2D eigenvalue weighted by Crippen LogP contribution is 2.22. The van der Waals surface area contributed by atoms with Crippen molar-refractivity contribution in [3.63, 3.8) is 0 Å². The Bertz CT molecular complexity index is 1250. The molecule has 0 spiro atoms. The number of anilines is 1. The molecule has 1 aliphatic heterocycles. The van der Waals surface area contributed by atoms with Gasteiger partial charge in [0.25, 0.3) is 0 Å². The van der Waals surface area contributed by atoms with Gasteiger partial charge in [-0.05, 0) is 29.3 Å². The summed E-state index contributed by atoms with van der Waals surface area (Å²) in [6.07, 6.45) is 0.0575. The van der Waals surface area contributed by atoms with E-state index in [4.69, 9.17) is 4.74 Å². The average molecular weight is 479 g/mol. The molecule has 1 aliphatic rings. The molecule has 3 aromatic carbocycles. The molecule has 1 saturated heterocycles. The number of ketones is 1. The number of benzene rings is 3. The highest BCUT2D eigenvalue weighted by Gasteiger charge is 2.26. The van der Waals surface area contributed by atoms with E-state index < -0.39 is 10.0 Å². The van der Waals surface area contributed by atoms with E-state index >= 15 is 0 Å². The first-order chi connectivity index (χ1) is 16.4. The lowest BCUT2D eigenvalue weighted by atomic mass is 10.0. The number of nitrogens with one attached hydrogen (secondary N) is 1. The van der Waals surface area contributed by atoms with Gasteiger partial charge in [0, 0.05) is 37.2 Å². The topological polar surface area (TPSA) is 92.8 Å². The molecule has 34 heavy (non-hydrogen) atoms. The van der Waals surface area contributed by atoms with Crippen LogP contribution in [0.2, 0.25) is 0 Å². The van der Waals surface area contributed by atoms with Crippen molar-refractivity contribution in [3.8, 4) is 11.1 Å². The normalized spacial score (nSPS) is 14.5. The fraction of sp³-hybridized carbons (Fsp3) is 0.231. The molecule has 176 valence electrons. The highest BCUT2D eigenvalue weighted by molar-refractivity contribution is 7.89. The van der Waals surface area contributed by atoms with Crippen LogP contribution >= 0.6 is 0 Å². The molecule has 4 rings (SSSR count). The van der Waals surface area contributed by atoms with Crippen LogP contribution < -0.4 is 5.32 Å². The van der Waals surface area contributed by atoms with Crippen molar-refractivity contribution in [1.29, 1.82) is 0 Å². The number of nitrogens with zero attached hydrogens (tertiary/aromatic N) is 1. The molecule has 8 heteroatoms. The Morgan fingerprint density at radius 1 is 0.824 bits per heavy atom. The van der Waals surface area contributed by atoms with Crippen LogP contribution in [0, 0.1) is 0 Å². The molecule has 3 aromatic rings. The maximum atomic E-state index is 12.8. The summed E-state index contributed by atoms with van der Waals surface area (Å²) in [5.74, 6) is -0.478. The van der Waals surface area contributed by atoms with Gasteiger partial charge >= 0.3 is 0 Å². The van der Waals surface area contributed by atoms with E-state index in [-0.39, 0.29) is 29.4 Å². The van der Waals surface area contributed by atoms with E-state index in [1.807, 2.05) is 42.5 Å². The predicted octanol–water partition coefficient (Wildman–Crippen LogP) is 3.98. The van der Waals surface area contributed by atoms with Crippen LogP contribution in [0.3, 0.4) is 0 Å². The van der Waals surface area contributed by atoms with Gasteiger partial charge in [-0.3, -0.25) is 9.59 Å². The third-order valence-corrected chi connectivity index (χ3v) is 7.51. The summed E-state index contributed by atoms with van der Waals surface area (Å²) in [5.41, 5.74) is 3.01. The van der Waals surface area contributed by atoms with Gasteiger partial charge < -0.3 is 10.1 Å². The molecule has 0 aliphatic carbocycles. The number of hydrogen-bond donors (Lipinski definition) is 1. The maximum Gasteiger partial charge on any atom is 0.243 e. The molecular weight excluding hydrogens is 452 g/mol. The lowest BCUT2D eigenvalue weighted by Gasteiger charge is -2.26. The molecule has 1 N–H and O–H groups in total. The Morgan fingerprint density at radius 2 is 1.50 bits per heavy atom. The van der Waals surface area contributed by atoms with Gasteiger partial charge in [-0.15, -0.1) is 0 Å². The highest BCUT2D eigenvalue weighted by atomic mass is 32.2. The molecule has 1 heterocycles. The van der Waals surface area contributed by atoms with Gasteiger partial charge in [0.15, 0.2) is 5.78 Å². The second-order valence-electron chi connectivity index (χ2n) is 7.96. The predicted molar refractivity (Wildman–Crippen MR) is 130 cm³/mol. The van der Waals surface area contributed by atoms with Gasteiger partial charge in [-0.2, -0.15) is 4.31 Å². The summed E-state index contributed by atoms with van der Waals surface area (Å²) in [6, 6.07) is 23.3. The van der Waals surface area contributed by atoms with Crippen LogP contribution in [-0.2, 0) is 19.6 Å². The zero-order valence-electron chi connectivity index (χ0n) is 18.6. The van der Waals surface area contributed by atoms with E-state index in [1.54, 1.807) is 24.3 Å². The van der Waals surface area contributed by atoms with Crippen LogP contribution in [0.4, 0.5) is 5.69 Å². The number of sulfonamides is 1. The van der Waals surface area contributed by atoms with Crippen molar-refractivity contribution in [3.05, 3.63) is 84.4 Å². The number of carbonyl (C=O) groups excluding carboxylic acids is 2. The SMILES string of the molecule is O=C(CCC(=O)c1ccc(-c2ccccc2)cc1)Nc1cccc(S(=O)(=O)N2CCOCC2)c1. The lowest BCUT2D eigenvalue weighted by Crippen LogP contribution is -2.40. The van der Waals surface area contributed by atoms with E-state index in [9.17, 15) is 18.0 Å². The molecule has 1 fully saturated rings. The van der Waals surface area contributed by atoms with E-state index in [0.717, 1.165) is 11.1 Å². The van der Waals surface area contributed by atoms with Gasteiger partial charge in [-0.25, -0.2) is 8.42 Å². The van der Waals surface area contributed by atoms with Crippen LogP contribution in [0.5, 0.6) is 0 Å². The van der Waals surface area contributed by atoms with Gasteiger partial charge in [0.2, 0.25) is 15.9 Å². The lowest BCUT2D eigenvalue weighted by molar-refractivity contribution is -0.116. The summed E-state index contributed by atoms with van der Waals surface area (Å²) in [4.78, 5) is 25.1. The molecule has 0 radical (unpaired) electrons. The minimum absolute atomic E-state index is 0.000286. The largest absolute Gasteiger partial charge is 0.379 e. The second kappa shape index (κ2) is 10.7. The molecule has 0 bridgehead atoms. The van der Waals surface area contributed by atoms with Crippen LogP contribution in [-0.4, -0.2) is 50.7 Å². The molecule has 0 unspecified atom stereocenters. The maximum absolute atomic E-state index is 12.8. The minimum atomic E-state index is -3.66. The molecule has 0 atom stereocenters. The summed E-state index contributed by atoms with van der Waals surface area (Å²) in [6.45, 7) is 1.32. The Kier molecular flexibility index (Phi) is 7.52. The van der Waals surface area contributed by atoms with Crippen molar-refractivity contribution in [2.45, 2.75) is 17.7 Å². The van der Waals surface area contributed by atoms with Crippen molar-refractivity contribution in [2.24, 2.45) is 0 Å². The second-order valence-corrected chi connectivity index (χ2v) is 9.90. The number of Topliss-reactive ketones (excluding diaryl/α,β-unsaturated/α-hetero) is 1. The molecule has 7 nitrogen and oxygen atoms in total. The third-order valence-electron chi connectivity index (χ3n) is 5.62. The average Bonchev–Trinajstić information content (AvgIpc) is 2.88. The van der Waals surface area contributed by atoms with Crippen LogP contribution in [0.1, 0.15) is 23.2 Å².